The number of rotatable bonds is 7. The van der Waals surface area contributed by atoms with Crippen molar-refractivity contribution in [1.82, 2.24) is 10.3 Å². The predicted molar refractivity (Wildman–Crippen MR) is 139 cm³/mol. The van der Waals surface area contributed by atoms with Crippen LogP contribution in [0.25, 0.3) is 21.9 Å². The minimum absolute atomic E-state index is 0.158. The number of anilines is 2. The van der Waals surface area contributed by atoms with Gasteiger partial charge in [-0.05, 0) is 65.7 Å². The molecule has 1 atom stereocenters. The number of morpholine rings is 1. The van der Waals surface area contributed by atoms with Crippen molar-refractivity contribution in [3.05, 3.63) is 76.6 Å². The zero-order valence-electron chi connectivity index (χ0n) is 19.2. The van der Waals surface area contributed by atoms with Gasteiger partial charge in [0.25, 0.3) is 0 Å². The van der Waals surface area contributed by atoms with Gasteiger partial charge in [0.1, 0.15) is 5.82 Å². The minimum atomic E-state index is 0.158. The Morgan fingerprint density at radius 3 is 2.79 bits per heavy atom. The van der Waals surface area contributed by atoms with Gasteiger partial charge >= 0.3 is 0 Å². The smallest absolute Gasteiger partial charge is 0.134 e. The van der Waals surface area contributed by atoms with Gasteiger partial charge in [-0.1, -0.05) is 30.3 Å². The molecule has 5 nitrogen and oxygen atoms in total. The van der Waals surface area contributed by atoms with Gasteiger partial charge in [0.2, 0.25) is 0 Å². The average molecular weight is 459 g/mol. The van der Waals surface area contributed by atoms with E-state index < -0.39 is 0 Å². The first-order chi connectivity index (χ1) is 16.2. The summed E-state index contributed by atoms with van der Waals surface area (Å²) in [5, 5.41) is 11.6. The van der Waals surface area contributed by atoms with Crippen LogP contribution in [0.4, 0.5) is 11.5 Å². The maximum absolute atomic E-state index is 5.52. The monoisotopic (exact) mass is 458 g/mol. The predicted octanol–water partition coefficient (Wildman–Crippen LogP) is 5.69. The molecule has 0 spiro atoms. The standard InChI is InChI=1S/C27H30N4OS/c1-19(26-15-22(18-33-26)24-6-4-3-5-21(24)17-28-2)30-27-25-16-23(31-11-13-32-14-12-31)8-7-20(25)9-10-29-27/h3-10,15-16,18-19,28H,11-14,17H2,1-2H3,(H,29,30)/t19-/m1/s1. The SMILES string of the molecule is CNCc1ccccc1-c1csc([C@@H](C)Nc2nccc3ccc(N4CCOCC4)cc23)c1. The third-order valence-corrected chi connectivity index (χ3v) is 7.34. The molecule has 1 saturated heterocycles. The molecule has 0 radical (unpaired) electrons. The molecule has 1 aliphatic rings. The molecule has 5 rings (SSSR count). The van der Waals surface area contributed by atoms with E-state index in [4.69, 9.17) is 9.72 Å². The fraction of sp³-hybridized carbons (Fsp3) is 0.296. The number of hydrogen-bond acceptors (Lipinski definition) is 6. The minimum Gasteiger partial charge on any atom is -0.378 e. The quantitative estimate of drug-likeness (QED) is 0.372. The molecule has 4 aromatic rings. The second-order valence-corrected chi connectivity index (χ2v) is 9.40. The number of nitrogens with zero attached hydrogens (tertiary/aromatic N) is 2. The van der Waals surface area contributed by atoms with Crippen LogP contribution in [0.2, 0.25) is 0 Å². The first kappa shape index (κ1) is 21.9. The summed E-state index contributed by atoms with van der Waals surface area (Å²) in [6.07, 6.45) is 1.89. The molecule has 2 aromatic carbocycles. The number of aromatic nitrogens is 1. The van der Waals surface area contributed by atoms with Gasteiger partial charge < -0.3 is 20.3 Å². The van der Waals surface area contributed by atoms with E-state index in [1.807, 2.05) is 13.2 Å². The van der Waals surface area contributed by atoms with E-state index in [2.05, 4.69) is 82.4 Å². The van der Waals surface area contributed by atoms with Crippen LogP contribution in [0, 0.1) is 0 Å². The van der Waals surface area contributed by atoms with Gasteiger partial charge in [-0.3, -0.25) is 0 Å². The van der Waals surface area contributed by atoms with Crippen molar-refractivity contribution in [2.24, 2.45) is 0 Å². The van der Waals surface area contributed by atoms with Crippen molar-refractivity contribution in [2.75, 3.05) is 43.6 Å². The number of thiophene rings is 1. The molecule has 2 aromatic heterocycles. The van der Waals surface area contributed by atoms with Gasteiger partial charge in [-0.2, -0.15) is 0 Å². The van der Waals surface area contributed by atoms with Gasteiger partial charge in [0, 0.05) is 41.8 Å². The van der Waals surface area contributed by atoms with Crippen molar-refractivity contribution in [2.45, 2.75) is 19.5 Å². The summed E-state index contributed by atoms with van der Waals surface area (Å²) in [5.41, 5.74) is 5.11. The van der Waals surface area contributed by atoms with Crippen molar-refractivity contribution >= 4 is 33.6 Å². The second kappa shape index (κ2) is 9.91. The van der Waals surface area contributed by atoms with Crippen LogP contribution in [0.3, 0.4) is 0 Å². The van der Waals surface area contributed by atoms with Crippen molar-refractivity contribution < 1.29 is 4.74 Å². The summed E-state index contributed by atoms with van der Waals surface area (Å²) < 4.78 is 5.52. The van der Waals surface area contributed by atoms with Crippen LogP contribution in [-0.4, -0.2) is 38.3 Å². The Morgan fingerprint density at radius 1 is 1.09 bits per heavy atom. The van der Waals surface area contributed by atoms with Crippen LogP contribution in [-0.2, 0) is 11.3 Å². The first-order valence-corrected chi connectivity index (χ1v) is 12.4. The van der Waals surface area contributed by atoms with E-state index in [1.54, 1.807) is 11.3 Å². The number of nitrogens with one attached hydrogen (secondary N) is 2. The van der Waals surface area contributed by atoms with Crippen molar-refractivity contribution in [3.8, 4) is 11.1 Å². The van der Waals surface area contributed by atoms with E-state index in [0.29, 0.717) is 0 Å². The third kappa shape index (κ3) is 4.74. The Balaban J connectivity index is 1.40. The lowest BCUT2D eigenvalue weighted by atomic mass is 10.0. The van der Waals surface area contributed by atoms with E-state index in [9.17, 15) is 0 Å². The lowest BCUT2D eigenvalue weighted by molar-refractivity contribution is 0.122. The highest BCUT2D eigenvalue weighted by Gasteiger charge is 2.15. The fourth-order valence-electron chi connectivity index (χ4n) is 4.43. The Kier molecular flexibility index (Phi) is 6.58. The first-order valence-electron chi connectivity index (χ1n) is 11.5. The molecular weight excluding hydrogens is 428 g/mol. The molecule has 0 aliphatic carbocycles. The number of benzene rings is 2. The summed E-state index contributed by atoms with van der Waals surface area (Å²) in [5.74, 6) is 0.931. The summed E-state index contributed by atoms with van der Waals surface area (Å²) >= 11 is 1.80. The maximum atomic E-state index is 5.52. The highest BCUT2D eigenvalue weighted by atomic mass is 32.1. The Hall–Kier alpha value is -2.93. The highest BCUT2D eigenvalue weighted by Crippen LogP contribution is 2.34. The summed E-state index contributed by atoms with van der Waals surface area (Å²) in [6, 6.07) is 19.8. The largest absolute Gasteiger partial charge is 0.378 e. The van der Waals surface area contributed by atoms with E-state index in [1.165, 1.54) is 32.6 Å². The summed E-state index contributed by atoms with van der Waals surface area (Å²) in [4.78, 5) is 8.39. The van der Waals surface area contributed by atoms with Crippen LogP contribution < -0.4 is 15.5 Å². The van der Waals surface area contributed by atoms with Crippen molar-refractivity contribution in [3.63, 3.8) is 0 Å². The van der Waals surface area contributed by atoms with E-state index in [-0.39, 0.29) is 6.04 Å². The fourth-order valence-corrected chi connectivity index (χ4v) is 5.35. The van der Waals surface area contributed by atoms with Crippen LogP contribution in [0.15, 0.2) is 66.2 Å². The second-order valence-electron chi connectivity index (χ2n) is 8.46. The summed E-state index contributed by atoms with van der Waals surface area (Å²) in [6.45, 7) is 6.49. The molecule has 0 amide bonds. The van der Waals surface area contributed by atoms with Gasteiger partial charge in [0.15, 0.2) is 0 Å². The lowest BCUT2D eigenvalue weighted by Crippen LogP contribution is -2.36. The molecule has 1 aliphatic heterocycles. The number of fused-ring (bicyclic) bond motifs is 1. The zero-order chi connectivity index (χ0) is 22.6. The molecule has 0 bridgehead atoms. The molecular formula is C27H30N4OS. The molecule has 0 unspecified atom stereocenters. The maximum Gasteiger partial charge on any atom is 0.134 e. The normalized spacial score (nSPS) is 15.0. The molecule has 170 valence electrons. The number of pyridine rings is 1. The molecule has 1 fully saturated rings. The number of ether oxygens (including phenoxy) is 1. The van der Waals surface area contributed by atoms with Gasteiger partial charge in [0.05, 0.1) is 19.3 Å². The topological polar surface area (TPSA) is 49.4 Å². The molecule has 3 heterocycles. The van der Waals surface area contributed by atoms with Crippen LogP contribution in [0.5, 0.6) is 0 Å². The van der Waals surface area contributed by atoms with Crippen LogP contribution >= 0.6 is 11.3 Å². The van der Waals surface area contributed by atoms with E-state index in [0.717, 1.165) is 44.1 Å². The van der Waals surface area contributed by atoms with Gasteiger partial charge in [-0.15, -0.1) is 11.3 Å². The number of hydrogen-bond donors (Lipinski definition) is 2. The van der Waals surface area contributed by atoms with Crippen LogP contribution in [0.1, 0.15) is 23.4 Å². The average Bonchev–Trinajstić information content (AvgIpc) is 3.35. The van der Waals surface area contributed by atoms with E-state index >= 15 is 0 Å². The molecule has 33 heavy (non-hydrogen) atoms. The van der Waals surface area contributed by atoms with Gasteiger partial charge in [-0.25, -0.2) is 4.98 Å². The Labute approximate surface area is 199 Å². The van der Waals surface area contributed by atoms with Crippen molar-refractivity contribution in [1.29, 1.82) is 0 Å². The Bertz CT molecular complexity index is 1230. The third-order valence-electron chi connectivity index (χ3n) is 6.22. The zero-order valence-corrected chi connectivity index (χ0v) is 20.0. The molecule has 6 heteroatoms. The summed E-state index contributed by atoms with van der Waals surface area (Å²) in [7, 11) is 1.99. The molecule has 2 N–H and O–H groups in total. The lowest BCUT2D eigenvalue weighted by Gasteiger charge is -2.29. The Morgan fingerprint density at radius 2 is 1.94 bits per heavy atom. The highest BCUT2D eigenvalue weighted by molar-refractivity contribution is 7.10. The molecule has 0 saturated carbocycles.